The highest BCUT2D eigenvalue weighted by atomic mass is 35.5. The molecule has 2 aliphatic rings. The zero-order valence-electron chi connectivity index (χ0n) is 14.6. The molecule has 2 saturated carbocycles. The van der Waals surface area contributed by atoms with Gasteiger partial charge in [0.15, 0.2) is 0 Å². The van der Waals surface area contributed by atoms with E-state index in [4.69, 9.17) is 26.8 Å². The van der Waals surface area contributed by atoms with Gasteiger partial charge in [0.05, 0.1) is 24.9 Å². The van der Waals surface area contributed by atoms with Crippen molar-refractivity contribution in [1.82, 2.24) is 0 Å². The molecule has 3 rings (SSSR count). The van der Waals surface area contributed by atoms with Crippen molar-refractivity contribution in [2.75, 3.05) is 19.5 Å². The second kappa shape index (κ2) is 8.47. The van der Waals surface area contributed by atoms with Crippen LogP contribution in [0.25, 0.3) is 0 Å². The molecule has 5 nitrogen and oxygen atoms in total. The molecule has 2 unspecified atom stereocenters. The topological polar surface area (TPSA) is 73.6 Å². The Bertz CT molecular complexity index is 613. The van der Waals surface area contributed by atoms with Crippen LogP contribution in [0.2, 0.25) is 5.02 Å². The molecule has 25 heavy (non-hydrogen) atoms. The molecule has 0 radical (unpaired) electrons. The monoisotopic (exact) mass is 388 g/mol. The lowest BCUT2D eigenvalue weighted by atomic mass is 9.65. The quantitative estimate of drug-likeness (QED) is 0.820. The van der Waals surface area contributed by atoms with Crippen molar-refractivity contribution in [2.45, 2.75) is 38.1 Å². The van der Waals surface area contributed by atoms with Crippen LogP contribution >= 0.6 is 24.0 Å². The fourth-order valence-electron chi connectivity index (χ4n) is 4.20. The molecule has 0 aromatic heterocycles. The number of methoxy groups -OCH3 is 2. The smallest absolute Gasteiger partial charge is 0.227 e. The van der Waals surface area contributed by atoms with Crippen LogP contribution in [0.4, 0.5) is 5.69 Å². The molecule has 1 aromatic carbocycles. The average molecular weight is 389 g/mol. The van der Waals surface area contributed by atoms with Gasteiger partial charge in [-0.3, -0.25) is 4.79 Å². The van der Waals surface area contributed by atoms with Crippen LogP contribution < -0.4 is 20.5 Å². The summed E-state index contributed by atoms with van der Waals surface area (Å²) in [5.41, 5.74) is 6.89. The van der Waals surface area contributed by atoms with Crippen LogP contribution in [-0.2, 0) is 4.79 Å². The summed E-state index contributed by atoms with van der Waals surface area (Å²) < 4.78 is 10.5. The molecule has 1 amide bonds. The Morgan fingerprint density at radius 1 is 1.16 bits per heavy atom. The van der Waals surface area contributed by atoms with Gasteiger partial charge in [0, 0.05) is 18.0 Å². The van der Waals surface area contributed by atoms with E-state index in [0.29, 0.717) is 34.0 Å². The Morgan fingerprint density at radius 3 is 2.32 bits per heavy atom. The number of ether oxygens (including phenoxy) is 2. The number of hydrogen-bond donors (Lipinski definition) is 2. The van der Waals surface area contributed by atoms with E-state index in [1.807, 2.05) is 0 Å². The first-order chi connectivity index (χ1) is 11.5. The number of nitrogens with one attached hydrogen (secondary N) is 1. The minimum atomic E-state index is 0. The molecular weight excluding hydrogens is 363 g/mol. The predicted molar refractivity (Wildman–Crippen MR) is 102 cm³/mol. The molecule has 2 fully saturated rings. The Hall–Kier alpha value is -1.17. The Labute approximate surface area is 160 Å². The summed E-state index contributed by atoms with van der Waals surface area (Å²) in [6, 6.07) is 3.61. The maximum atomic E-state index is 12.8. The van der Waals surface area contributed by atoms with Crippen molar-refractivity contribution in [3.05, 3.63) is 17.2 Å². The van der Waals surface area contributed by atoms with Gasteiger partial charge in [-0.2, -0.15) is 0 Å². The van der Waals surface area contributed by atoms with E-state index in [1.54, 1.807) is 26.4 Å². The molecule has 140 valence electrons. The summed E-state index contributed by atoms with van der Waals surface area (Å²) >= 11 is 6.18. The van der Waals surface area contributed by atoms with Crippen molar-refractivity contribution in [1.29, 1.82) is 0 Å². The summed E-state index contributed by atoms with van der Waals surface area (Å²) in [6.45, 7) is 0. The normalized spacial score (nSPS) is 27.8. The lowest BCUT2D eigenvalue weighted by Crippen LogP contribution is -2.48. The van der Waals surface area contributed by atoms with Gasteiger partial charge < -0.3 is 20.5 Å². The largest absolute Gasteiger partial charge is 0.495 e. The maximum absolute atomic E-state index is 12.8. The summed E-state index contributed by atoms with van der Waals surface area (Å²) in [5.74, 6) is 2.02. The molecule has 2 bridgehead atoms. The average Bonchev–Trinajstić information content (AvgIpc) is 2.54. The Balaban J connectivity index is 0.00000225. The van der Waals surface area contributed by atoms with Gasteiger partial charge in [-0.05, 0) is 43.6 Å². The van der Waals surface area contributed by atoms with Gasteiger partial charge in [0.25, 0.3) is 0 Å². The van der Waals surface area contributed by atoms with Gasteiger partial charge in [0.2, 0.25) is 5.91 Å². The molecule has 1 aromatic rings. The van der Waals surface area contributed by atoms with Crippen LogP contribution in [0.15, 0.2) is 12.1 Å². The first-order valence-electron chi connectivity index (χ1n) is 8.51. The molecule has 0 aliphatic heterocycles. The number of carbonyl (C=O) groups is 1. The maximum Gasteiger partial charge on any atom is 0.227 e. The number of halogens is 2. The van der Waals surface area contributed by atoms with Crippen LogP contribution in [0, 0.1) is 17.8 Å². The van der Waals surface area contributed by atoms with E-state index in [-0.39, 0.29) is 30.3 Å². The predicted octanol–water partition coefficient (Wildman–Crippen LogP) is 3.87. The number of benzene rings is 1. The number of nitrogens with two attached hydrogens (primary N) is 1. The van der Waals surface area contributed by atoms with E-state index in [1.165, 1.54) is 6.42 Å². The zero-order valence-corrected chi connectivity index (χ0v) is 16.2. The Kier molecular flexibility index (Phi) is 6.83. The molecule has 0 spiro atoms. The molecule has 2 atom stereocenters. The first-order valence-corrected chi connectivity index (χ1v) is 8.89. The molecule has 2 aliphatic carbocycles. The minimum absolute atomic E-state index is 0. The number of fused-ring (bicyclic) bond motifs is 2. The van der Waals surface area contributed by atoms with Gasteiger partial charge in [-0.15, -0.1) is 12.4 Å². The highest BCUT2D eigenvalue weighted by Gasteiger charge is 2.40. The summed E-state index contributed by atoms with van der Waals surface area (Å²) in [5, 5.41) is 3.42. The third-order valence-electron chi connectivity index (χ3n) is 5.52. The fourth-order valence-corrected chi connectivity index (χ4v) is 4.44. The second-order valence-corrected chi connectivity index (χ2v) is 7.28. The lowest BCUT2D eigenvalue weighted by molar-refractivity contribution is -0.122. The SMILES string of the molecule is COc1cc(OC)c(NC(=O)C2CC3CCCC(C2)C3N)cc1Cl.Cl. The van der Waals surface area contributed by atoms with Crippen LogP contribution in [0.5, 0.6) is 11.5 Å². The van der Waals surface area contributed by atoms with E-state index >= 15 is 0 Å². The zero-order chi connectivity index (χ0) is 17.3. The van der Waals surface area contributed by atoms with E-state index in [0.717, 1.165) is 25.7 Å². The summed E-state index contributed by atoms with van der Waals surface area (Å²) in [7, 11) is 3.10. The molecule has 0 heterocycles. The van der Waals surface area contributed by atoms with Crippen LogP contribution in [0.3, 0.4) is 0 Å². The van der Waals surface area contributed by atoms with Crippen molar-refractivity contribution in [3.8, 4) is 11.5 Å². The lowest BCUT2D eigenvalue weighted by Gasteiger charge is -2.43. The summed E-state index contributed by atoms with van der Waals surface area (Å²) in [6.07, 6.45) is 5.25. The molecular formula is C18H26Cl2N2O3. The van der Waals surface area contributed by atoms with E-state index in [9.17, 15) is 4.79 Å². The Morgan fingerprint density at radius 2 is 1.76 bits per heavy atom. The minimum Gasteiger partial charge on any atom is -0.495 e. The van der Waals surface area contributed by atoms with E-state index < -0.39 is 0 Å². The van der Waals surface area contributed by atoms with E-state index in [2.05, 4.69) is 5.32 Å². The number of amides is 1. The standard InChI is InChI=1S/C18H25ClN2O3.ClH/c1-23-15-9-16(24-2)14(8-13(15)19)21-18(22)12-6-10-4-3-5-11(7-12)17(10)20;/h8-12,17H,3-7,20H2,1-2H3,(H,21,22);1H. The van der Waals surface area contributed by atoms with Gasteiger partial charge in [-0.25, -0.2) is 0 Å². The second-order valence-electron chi connectivity index (χ2n) is 6.87. The van der Waals surface area contributed by atoms with Crippen molar-refractivity contribution >= 4 is 35.6 Å². The van der Waals surface area contributed by atoms with Crippen molar-refractivity contribution in [2.24, 2.45) is 23.5 Å². The third-order valence-corrected chi connectivity index (χ3v) is 5.81. The van der Waals surface area contributed by atoms with Gasteiger partial charge in [-0.1, -0.05) is 18.0 Å². The van der Waals surface area contributed by atoms with Gasteiger partial charge in [0.1, 0.15) is 11.5 Å². The van der Waals surface area contributed by atoms with Crippen molar-refractivity contribution in [3.63, 3.8) is 0 Å². The van der Waals surface area contributed by atoms with Crippen LogP contribution in [-0.4, -0.2) is 26.2 Å². The first kappa shape index (κ1) is 20.1. The summed E-state index contributed by atoms with van der Waals surface area (Å²) in [4.78, 5) is 12.8. The number of hydrogen-bond acceptors (Lipinski definition) is 4. The fraction of sp³-hybridized carbons (Fsp3) is 0.611. The molecule has 0 saturated heterocycles. The van der Waals surface area contributed by atoms with Crippen molar-refractivity contribution < 1.29 is 14.3 Å². The number of carbonyl (C=O) groups excluding carboxylic acids is 1. The highest BCUT2D eigenvalue weighted by Crippen LogP contribution is 2.43. The third kappa shape index (κ3) is 4.15. The number of anilines is 1. The van der Waals surface area contributed by atoms with Gasteiger partial charge >= 0.3 is 0 Å². The number of rotatable bonds is 4. The molecule has 7 heteroatoms. The highest BCUT2D eigenvalue weighted by molar-refractivity contribution is 6.32. The van der Waals surface area contributed by atoms with Crippen LogP contribution in [0.1, 0.15) is 32.1 Å². The molecule has 3 N–H and O–H groups in total.